The van der Waals surface area contributed by atoms with E-state index in [2.05, 4.69) is 5.32 Å². The minimum Gasteiger partial charge on any atom is -0.378 e. The van der Waals surface area contributed by atoms with Gasteiger partial charge in [0.15, 0.2) is 0 Å². The summed E-state index contributed by atoms with van der Waals surface area (Å²) >= 11 is 0. The Morgan fingerprint density at radius 1 is 1.09 bits per heavy atom. The van der Waals surface area contributed by atoms with Crippen LogP contribution in [0.4, 0.5) is 10.5 Å². The fraction of sp³-hybridized carbons (Fsp3) is 0.188. The van der Waals surface area contributed by atoms with Gasteiger partial charge in [0.05, 0.1) is 0 Å². The second-order valence-electron chi connectivity index (χ2n) is 5.05. The Kier molecular flexibility index (Phi) is 4.41. The van der Waals surface area contributed by atoms with E-state index in [0.717, 1.165) is 16.2 Å². The predicted octanol–water partition coefficient (Wildman–Crippen LogP) is 1.40. The predicted molar refractivity (Wildman–Crippen MR) is 84.2 cm³/mol. The first-order chi connectivity index (χ1) is 10.4. The van der Waals surface area contributed by atoms with Crippen molar-refractivity contribution in [3.8, 4) is 0 Å². The van der Waals surface area contributed by atoms with E-state index < -0.39 is 17.8 Å². The molecule has 114 valence electrons. The van der Waals surface area contributed by atoms with Crippen molar-refractivity contribution in [2.45, 2.75) is 0 Å². The molecule has 0 atom stereocenters. The van der Waals surface area contributed by atoms with E-state index in [1.807, 2.05) is 43.3 Å². The number of urea groups is 1. The lowest BCUT2D eigenvalue weighted by molar-refractivity contribution is -0.129. The summed E-state index contributed by atoms with van der Waals surface area (Å²) in [5.41, 5.74) is 1.95. The van der Waals surface area contributed by atoms with Crippen LogP contribution in [0.15, 0.2) is 42.0 Å². The smallest absolute Gasteiger partial charge is 0.331 e. The van der Waals surface area contributed by atoms with E-state index in [1.165, 1.54) is 13.1 Å². The van der Waals surface area contributed by atoms with Gasteiger partial charge in [-0.25, -0.2) is 4.79 Å². The molecule has 1 aromatic rings. The Morgan fingerprint density at radius 3 is 2.32 bits per heavy atom. The van der Waals surface area contributed by atoms with Crippen molar-refractivity contribution in [3.05, 3.63) is 47.6 Å². The Bertz CT molecular complexity index is 672. The molecule has 1 heterocycles. The highest BCUT2D eigenvalue weighted by atomic mass is 16.2. The van der Waals surface area contributed by atoms with Crippen LogP contribution in [0.3, 0.4) is 0 Å². The van der Waals surface area contributed by atoms with Crippen molar-refractivity contribution in [2.24, 2.45) is 0 Å². The molecule has 1 N–H and O–H groups in total. The first-order valence-corrected chi connectivity index (χ1v) is 6.69. The normalized spacial score (nSPS) is 17.3. The molecule has 2 rings (SSSR count). The molecular formula is C16H17N3O3. The molecule has 1 aliphatic heterocycles. The lowest BCUT2D eigenvalue weighted by Gasteiger charge is -2.21. The van der Waals surface area contributed by atoms with Crippen LogP contribution in [0, 0.1) is 0 Å². The summed E-state index contributed by atoms with van der Waals surface area (Å²) in [6.07, 6.45) is 4.80. The minimum absolute atomic E-state index is 0.0664. The monoisotopic (exact) mass is 299 g/mol. The number of allylic oxidation sites excluding steroid dienone is 2. The van der Waals surface area contributed by atoms with Gasteiger partial charge in [-0.15, -0.1) is 0 Å². The number of hydrogen-bond donors (Lipinski definition) is 1. The summed E-state index contributed by atoms with van der Waals surface area (Å²) in [6.45, 7) is 0. The van der Waals surface area contributed by atoms with Crippen molar-refractivity contribution in [2.75, 3.05) is 26.0 Å². The highest BCUT2D eigenvalue weighted by Gasteiger charge is 2.32. The molecule has 1 aliphatic rings. The molecule has 1 saturated heterocycles. The summed E-state index contributed by atoms with van der Waals surface area (Å²) in [4.78, 5) is 37.6. The first kappa shape index (κ1) is 15.5. The third-order valence-corrected chi connectivity index (χ3v) is 3.27. The summed E-state index contributed by atoms with van der Waals surface area (Å²) < 4.78 is 0. The average Bonchev–Trinajstić information content (AvgIpc) is 2.49. The number of likely N-dealkylation sites (N-methyl/N-ethyl adjacent to an activating group) is 1. The van der Waals surface area contributed by atoms with Crippen molar-refractivity contribution in [3.63, 3.8) is 0 Å². The maximum Gasteiger partial charge on any atom is 0.331 e. The van der Waals surface area contributed by atoms with Crippen LogP contribution in [-0.2, 0) is 9.59 Å². The number of carbonyl (C=O) groups excluding carboxylic acids is 3. The maximum absolute atomic E-state index is 11.8. The highest BCUT2D eigenvalue weighted by Crippen LogP contribution is 2.14. The van der Waals surface area contributed by atoms with Crippen molar-refractivity contribution < 1.29 is 14.4 Å². The van der Waals surface area contributed by atoms with Gasteiger partial charge in [0.25, 0.3) is 11.8 Å². The van der Waals surface area contributed by atoms with E-state index in [4.69, 9.17) is 0 Å². The summed E-state index contributed by atoms with van der Waals surface area (Å²) in [5.74, 6) is -1.29. The molecule has 1 aromatic carbocycles. The van der Waals surface area contributed by atoms with Crippen molar-refractivity contribution in [1.29, 1.82) is 0 Å². The topological polar surface area (TPSA) is 69.7 Å². The fourth-order valence-electron chi connectivity index (χ4n) is 1.90. The number of anilines is 1. The van der Waals surface area contributed by atoms with Gasteiger partial charge in [-0.1, -0.05) is 24.3 Å². The SMILES string of the molecule is CN1C(=O)NC(=O)/C(=C/C=C/c2ccc(N(C)C)cc2)C1=O. The quantitative estimate of drug-likeness (QED) is 0.676. The Balaban J connectivity index is 2.14. The van der Waals surface area contributed by atoms with E-state index in [-0.39, 0.29) is 5.57 Å². The van der Waals surface area contributed by atoms with Gasteiger partial charge in [0.1, 0.15) is 5.57 Å². The Morgan fingerprint density at radius 2 is 1.73 bits per heavy atom. The molecule has 6 nitrogen and oxygen atoms in total. The van der Waals surface area contributed by atoms with E-state index in [0.29, 0.717) is 0 Å². The molecule has 4 amide bonds. The molecule has 0 unspecified atom stereocenters. The third kappa shape index (κ3) is 3.22. The van der Waals surface area contributed by atoms with Crippen LogP contribution in [0.25, 0.3) is 6.08 Å². The molecule has 0 aromatic heterocycles. The molecular weight excluding hydrogens is 282 g/mol. The summed E-state index contributed by atoms with van der Waals surface area (Å²) in [7, 11) is 5.24. The molecule has 0 radical (unpaired) electrons. The number of rotatable bonds is 3. The number of benzene rings is 1. The van der Waals surface area contributed by atoms with Crippen LogP contribution in [0.1, 0.15) is 5.56 Å². The van der Waals surface area contributed by atoms with Gasteiger partial charge in [-0.05, 0) is 23.8 Å². The third-order valence-electron chi connectivity index (χ3n) is 3.27. The van der Waals surface area contributed by atoms with Gasteiger partial charge >= 0.3 is 6.03 Å². The molecule has 0 spiro atoms. The Labute approximate surface area is 128 Å². The van der Waals surface area contributed by atoms with Crippen molar-refractivity contribution >= 4 is 29.6 Å². The van der Waals surface area contributed by atoms with Gasteiger partial charge in [-0.3, -0.25) is 19.8 Å². The Hall–Kier alpha value is -2.89. The highest BCUT2D eigenvalue weighted by molar-refractivity contribution is 6.28. The fourth-order valence-corrected chi connectivity index (χ4v) is 1.90. The number of nitrogens with one attached hydrogen (secondary N) is 1. The minimum atomic E-state index is -0.713. The standard InChI is InChI=1S/C16H17N3O3/c1-18(2)12-9-7-11(8-10-12)5-4-6-13-14(20)17-16(22)19(3)15(13)21/h4-10H,1-3H3,(H,17,20,22)/b5-4+,13-6-. The van der Waals surface area contributed by atoms with Crippen LogP contribution in [0.5, 0.6) is 0 Å². The average molecular weight is 299 g/mol. The van der Waals surface area contributed by atoms with Gasteiger partial charge < -0.3 is 4.90 Å². The molecule has 22 heavy (non-hydrogen) atoms. The van der Waals surface area contributed by atoms with Crippen LogP contribution >= 0.6 is 0 Å². The van der Waals surface area contributed by atoms with Crippen molar-refractivity contribution in [1.82, 2.24) is 10.2 Å². The van der Waals surface area contributed by atoms with Crippen LogP contribution in [-0.4, -0.2) is 43.9 Å². The van der Waals surface area contributed by atoms with E-state index in [1.54, 1.807) is 12.2 Å². The maximum atomic E-state index is 11.8. The number of hydrogen-bond acceptors (Lipinski definition) is 4. The number of carbonyl (C=O) groups is 3. The molecule has 1 fully saturated rings. The summed E-state index contributed by atoms with van der Waals surface area (Å²) in [5, 5.41) is 2.10. The second kappa shape index (κ2) is 6.26. The lowest BCUT2D eigenvalue weighted by Crippen LogP contribution is -2.52. The summed E-state index contributed by atoms with van der Waals surface area (Å²) in [6, 6.07) is 7.09. The van der Waals surface area contributed by atoms with Gasteiger partial charge in [-0.2, -0.15) is 0 Å². The zero-order valence-electron chi connectivity index (χ0n) is 12.7. The zero-order chi connectivity index (χ0) is 16.3. The molecule has 6 heteroatoms. The van der Waals surface area contributed by atoms with Gasteiger partial charge in [0.2, 0.25) is 0 Å². The first-order valence-electron chi connectivity index (χ1n) is 6.69. The van der Waals surface area contributed by atoms with Gasteiger partial charge in [0, 0.05) is 26.8 Å². The molecule has 0 saturated carbocycles. The number of nitrogens with zero attached hydrogens (tertiary/aromatic N) is 2. The molecule has 0 bridgehead atoms. The van der Waals surface area contributed by atoms with Crippen LogP contribution < -0.4 is 10.2 Å². The number of imide groups is 2. The van der Waals surface area contributed by atoms with E-state index in [9.17, 15) is 14.4 Å². The largest absolute Gasteiger partial charge is 0.378 e. The zero-order valence-corrected chi connectivity index (χ0v) is 12.7. The molecule has 0 aliphatic carbocycles. The van der Waals surface area contributed by atoms with Crippen LogP contribution in [0.2, 0.25) is 0 Å². The second-order valence-corrected chi connectivity index (χ2v) is 5.05. The lowest BCUT2D eigenvalue weighted by atomic mass is 10.1. The van der Waals surface area contributed by atoms with E-state index >= 15 is 0 Å². The number of barbiturate groups is 1. The number of amides is 4.